The normalized spacial score (nSPS) is 19.1. The predicted octanol–water partition coefficient (Wildman–Crippen LogP) is 1.26. The first-order chi connectivity index (χ1) is 8.20. The molecule has 2 heterocycles. The van der Waals surface area contributed by atoms with E-state index < -0.39 is 0 Å². The van der Waals surface area contributed by atoms with Crippen molar-refractivity contribution < 1.29 is 14.3 Å². The lowest BCUT2D eigenvalue weighted by Crippen LogP contribution is -2.19. The van der Waals surface area contributed by atoms with Gasteiger partial charge in [-0.25, -0.2) is 4.98 Å². The molecule has 0 aromatic carbocycles. The highest BCUT2D eigenvalue weighted by atomic mass is 35.5. The first-order valence-corrected chi connectivity index (χ1v) is 5.70. The van der Waals surface area contributed by atoms with E-state index in [1.807, 2.05) is 0 Å². The zero-order valence-electron chi connectivity index (χ0n) is 9.40. The number of hydrogen-bond donors (Lipinski definition) is 1. The lowest BCUT2D eigenvalue weighted by Gasteiger charge is -2.12. The number of carbonyl (C=O) groups is 1. The van der Waals surface area contributed by atoms with Crippen molar-refractivity contribution in [3.63, 3.8) is 0 Å². The molecule has 1 unspecified atom stereocenters. The van der Waals surface area contributed by atoms with Crippen LogP contribution in [0.15, 0.2) is 12.3 Å². The molecule has 0 bridgehead atoms. The Hall–Kier alpha value is -1.33. The third-order valence-corrected chi connectivity index (χ3v) is 2.73. The fourth-order valence-corrected chi connectivity index (χ4v) is 1.76. The molecule has 1 fully saturated rings. The molecule has 2 rings (SSSR count). The van der Waals surface area contributed by atoms with Crippen LogP contribution >= 0.6 is 11.6 Å². The SMILES string of the molecule is CNC(=O)c1cnc(OC2CCOC2)c(Cl)c1. The number of rotatable bonds is 3. The van der Waals surface area contributed by atoms with Gasteiger partial charge in [0.25, 0.3) is 5.91 Å². The first kappa shape index (κ1) is 12.1. The zero-order chi connectivity index (χ0) is 12.3. The molecule has 5 nitrogen and oxygen atoms in total. The van der Waals surface area contributed by atoms with Crippen molar-refractivity contribution in [2.24, 2.45) is 0 Å². The number of ether oxygens (including phenoxy) is 2. The van der Waals surface area contributed by atoms with Gasteiger partial charge in [0.15, 0.2) is 0 Å². The van der Waals surface area contributed by atoms with Crippen LogP contribution in [-0.4, -0.2) is 37.3 Å². The Labute approximate surface area is 104 Å². The number of amides is 1. The molecule has 1 aromatic heterocycles. The highest BCUT2D eigenvalue weighted by Crippen LogP contribution is 2.24. The summed E-state index contributed by atoms with van der Waals surface area (Å²) in [4.78, 5) is 15.4. The Balaban J connectivity index is 2.10. The van der Waals surface area contributed by atoms with E-state index in [0.717, 1.165) is 6.42 Å². The van der Waals surface area contributed by atoms with E-state index in [4.69, 9.17) is 21.1 Å². The summed E-state index contributed by atoms with van der Waals surface area (Å²) in [5.41, 5.74) is 0.410. The average molecular weight is 257 g/mol. The Bertz CT molecular complexity index is 419. The lowest BCUT2D eigenvalue weighted by atomic mass is 10.2. The van der Waals surface area contributed by atoms with Crippen molar-refractivity contribution in [3.8, 4) is 5.88 Å². The van der Waals surface area contributed by atoms with Crippen molar-refractivity contribution in [3.05, 3.63) is 22.8 Å². The van der Waals surface area contributed by atoms with Crippen LogP contribution in [0.3, 0.4) is 0 Å². The number of hydrogen-bond acceptors (Lipinski definition) is 4. The Morgan fingerprint density at radius 1 is 1.71 bits per heavy atom. The highest BCUT2D eigenvalue weighted by Gasteiger charge is 2.19. The first-order valence-electron chi connectivity index (χ1n) is 5.32. The second kappa shape index (κ2) is 5.33. The molecule has 0 saturated carbocycles. The van der Waals surface area contributed by atoms with Crippen molar-refractivity contribution >= 4 is 17.5 Å². The molecule has 1 amide bonds. The van der Waals surface area contributed by atoms with Gasteiger partial charge in [0.1, 0.15) is 11.1 Å². The van der Waals surface area contributed by atoms with Crippen LogP contribution in [0.1, 0.15) is 16.8 Å². The standard InChI is InChI=1S/C11H13ClN2O3/c1-13-10(15)7-4-9(12)11(14-5-7)17-8-2-3-16-6-8/h4-5,8H,2-3,6H2,1H3,(H,13,15). The van der Waals surface area contributed by atoms with Gasteiger partial charge in [-0.15, -0.1) is 0 Å². The van der Waals surface area contributed by atoms with Gasteiger partial charge in [0.2, 0.25) is 5.88 Å². The third-order valence-electron chi connectivity index (χ3n) is 2.46. The van der Waals surface area contributed by atoms with Crippen LogP contribution in [0.2, 0.25) is 5.02 Å². The minimum Gasteiger partial charge on any atom is -0.471 e. The number of aromatic nitrogens is 1. The summed E-state index contributed by atoms with van der Waals surface area (Å²) in [6.45, 7) is 1.24. The van der Waals surface area contributed by atoms with E-state index in [-0.39, 0.29) is 12.0 Å². The maximum Gasteiger partial charge on any atom is 0.252 e. The molecular weight excluding hydrogens is 244 g/mol. The summed E-state index contributed by atoms with van der Waals surface area (Å²) in [6, 6.07) is 1.54. The molecular formula is C11H13ClN2O3. The van der Waals surface area contributed by atoms with Crippen LogP contribution in [-0.2, 0) is 4.74 Å². The van der Waals surface area contributed by atoms with Gasteiger partial charge in [-0.1, -0.05) is 11.6 Å². The number of nitrogens with zero attached hydrogens (tertiary/aromatic N) is 1. The average Bonchev–Trinajstić information content (AvgIpc) is 2.83. The van der Waals surface area contributed by atoms with E-state index in [0.29, 0.717) is 29.7 Å². The summed E-state index contributed by atoms with van der Waals surface area (Å²) in [5, 5.41) is 2.83. The topological polar surface area (TPSA) is 60.5 Å². The number of halogens is 1. The maximum absolute atomic E-state index is 11.4. The highest BCUT2D eigenvalue weighted by molar-refractivity contribution is 6.32. The van der Waals surface area contributed by atoms with E-state index in [9.17, 15) is 4.79 Å². The Morgan fingerprint density at radius 3 is 3.12 bits per heavy atom. The number of pyridine rings is 1. The van der Waals surface area contributed by atoms with Gasteiger partial charge in [-0.05, 0) is 6.07 Å². The van der Waals surface area contributed by atoms with Crippen LogP contribution in [0.4, 0.5) is 0 Å². The second-order valence-corrected chi connectivity index (χ2v) is 4.10. The minimum absolute atomic E-state index is 0.00847. The molecule has 1 aliphatic rings. The summed E-state index contributed by atoms with van der Waals surface area (Å²) in [6.07, 6.45) is 2.26. The number of carbonyl (C=O) groups excluding carboxylic acids is 1. The molecule has 1 atom stereocenters. The lowest BCUT2D eigenvalue weighted by molar-refractivity contribution is 0.0962. The van der Waals surface area contributed by atoms with Gasteiger partial charge in [-0.3, -0.25) is 4.79 Å². The molecule has 1 aromatic rings. The van der Waals surface area contributed by atoms with E-state index >= 15 is 0 Å². The van der Waals surface area contributed by atoms with Gasteiger partial charge < -0.3 is 14.8 Å². The fourth-order valence-electron chi connectivity index (χ4n) is 1.54. The molecule has 0 aliphatic carbocycles. The van der Waals surface area contributed by atoms with Crippen molar-refractivity contribution in [1.29, 1.82) is 0 Å². The molecule has 17 heavy (non-hydrogen) atoms. The van der Waals surface area contributed by atoms with E-state index in [2.05, 4.69) is 10.3 Å². The molecule has 1 saturated heterocycles. The van der Waals surface area contributed by atoms with Gasteiger partial charge in [0, 0.05) is 19.7 Å². The zero-order valence-corrected chi connectivity index (χ0v) is 10.2. The molecule has 92 valence electrons. The molecule has 6 heteroatoms. The molecule has 0 radical (unpaired) electrons. The second-order valence-electron chi connectivity index (χ2n) is 3.69. The third kappa shape index (κ3) is 2.87. The van der Waals surface area contributed by atoms with Crippen LogP contribution < -0.4 is 10.1 Å². The van der Waals surface area contributed by atoms with Gasteiger partial charge >= 0.3 is 0 Å². The molecule has 1 aliphatic heterocycles. The van der Waals surface area contributed by atoms with E-state index in [1.54, 1.807) is 13.1 Å². The minimum atomic E-state index is -0.227. The number of nitrogens with one attached hydrogen (secondary N) is 1. The quantitative estimate of drug-likeness (QED) is 0.885. The van der Waals surface area contributed by atoms with Gasteiger partial charge in [-0.2, -0.15) is 0 Å². The smallest absolute Gasteiger partial charge is 0.252 e. The van der Waals surface area contributed by atoms with Crippen molar-refractivity contribution in [2.75, 3.05) is 20.3 Å². The van der Waals surface area contributed by atoms with Crippen LogP contribution in [0.5, 0.6) is 5.88 Å². The van der Waals surface area contributed by atoms with E-state index in [1.165, 1.54) is 6.20 Å². The summed E-state index contributed by atoms with van der Waals surface area (Å²) in [5.74, 6) is 0.116. The molecule has 0 spiro atoms. The van der Waals surface area contributed by atoms with Crippen LogP contribution in [0, 0.1) is 0 Å². The Kier molecular flexibility index (Phi) is 3.81. The van der Waals surface area contributed by atoms with Crippen molar-refractivity contribution in [2.45, 2.75) is 12.5 Å². The largest absolute Gasteiger partial charge is 0.471 e. The Morgan fingerprint density at radius 2 is 2.53 bits per heavy atom. The van der Waals surface area contributed by atoms with Crippen LogP contribution in [0.25, 0.3) is 0 Å². The van der Waals surface area contributed by atoms with Crippen molar-refractivity contribution in [1.82, 2.24) is 10.3 Å². The molecule has 1 N–H and O–H groups in total. The summed E-state index contributed by atoms with van der Waals surface area (Å²) >= 11 is 6.00. The fraction of sp³-hybridized carbons (Fsp3) is 0.455. The predicted molar refractivity (Wildman–Crippen MR) is 62.5 cm³/mol. The summed E-state index contributed by atoms with van der Waals surface area (Å²) in [7, 11) is 1.55. The van der Waals surface area contributed by atoms with Gasteiger partial charge in [0.05, 0.1) is 18.8 Å². The summed E-state index contributed by atoms with van der Waals surface area (Å²) < 4.78 is 10.8. The maximum atomic E-state index is 11.4. The monoisotopic (exact) mass is 256 g/mol.